The number of nitrogens with zero attached hydrogens (tertiary/aromatic N) is 1. The zero-order valence-corrected chi connectivity index (χ0v) is 8.94. The average Bonchev–Trinajstić information content (AvgIpc) is 2.76. The molecule has 2 aliphatic rings. The molecule has 2 aliphatic heterocycles. The molecule has 4 heteroatoms. The van der Waals surface area contributed by atoms with Gasteiger partial charge in [0.1, 0.15) is 0 Å². The maximum Gasteiger partial charge on any atom is 0.335 e. The molecule has 0 radical (unpaired) electrons. The highest BCUT2D eigenvalue weighted by molar-refractivity contribution is 5.91. The highest BCUT2D eigenvalue weighted by Crippen LogP contribution is 2.36. The molecule has 1 saturated heterocycles. The lowest BCUT2D eigenvalue weighted by Crippen LogP contribution is -2.39. The van der Waals surface area contributed by atoms with Crippen molar-refractivity contribution in [2.75, 3.05) is 23.3 Å². The van der Waals surface area contributed by atoms with Gasteiger partial charge in [-0.05, 0) is 31.0 Å². The predicted octanol–water partition coefficient (Wildman–Crippen LogP) is 1.78. The minimum absolute atomic E-state index is 0.351. The van der Waals surface area contributed by atoms with E-state index in [-0.39, 0.29) is 0 Å². The summed E-state index contributed by atoms with van der Waals surface area (Å²) < 4.78 is 0. The van der Waals surface area contributed by atoms with Gasteiger partial charge in [0.2, 0.25) is 0 Å². The van der Waals surface area contributed by atoms with Crippen LogP contribution in [0.4, 0.5) is 11.4 Å². The summed E-state index contributed by atoms with van der Waals surface area (Å²) >= 11 is 0. The second-order valence-electron chi connectivity index (χ2n) is 4.41. The monoisotopic (exact) mass is 218 g/mol. The van der Waals surface area contributed by atoms with Crippen molar-refractivity contribution in [3.63, 3.8) is 0 Å². The zero-order valence-electron chi connectivity index (χ0n) is 8.94. The number of anilines is 2. The summed E-state index contributed by atoms with van der Waals surface area (Å²) in [5, 5.41) is 12.3. The Labute approximate surface area is 93.9 Å². The highest BCUT2D eigenvalue weighted by Gasteiger charge is 2.30. The van der Waals surface area contributed by atoms with Crippen molar-refractivity contribution in [1.29, 1.82) is 0 Å². The molecule has 0 aliphatic carbocycles. The molecule has 1 atom stereocenters. The lowest BCUT2D eigenvalue weighted by atomic mass is 10.1. The van der Waals surface area contributed by atoms with Crippen LogP contribution in [-0.4, -0.2) is 30.2 Å². The molecule has 0 aromatic heterocycles. The van der Waals surface area contributed by atoms with Gasteiger partial charge in [-0.15, -0.1) is 0 Å². The Morgan fingerprint density at radius 2 is 2.38 bits per heavy atom. The molecule has 0 saturated carbocycles. The van der Waals surface area contributed by atoms with Crippen LogP contribution in [0.25, 0.3) is 0 Å². The fourth-order valence-electron chi connectivity index (χ4n) is 2.65. The summed E-state index contributed by atoms with van der Waals surface area (Å²) in [6.45, 7) is 2.02. The summed E-state index contributed by atoms with van der Waals surface area (Å²) in [6, 6.07) is 5.92. The van der Waals surface area contributed by atoms with E-state index in [4.69, 9.17) is 5.11 Å². The van der Waals surface area contributed by atoms with E-state index in [1.165, 1.54) is 12.8 Å². The second kappa shape index (κ2) is 3.40. The Balaban J connectivity index is 2.02. The summed E-state index contributed by atoms with van der Waals surface area (Å²) in [7, 11) is 0. The van der Waals surface area contributed by atoms with E-state index in [1.54, 1.807) is 12.1 Å². The fraction of sp³-hybridized carbons (Fsp3) is 0.417. The Bertz CT molecular complexity index is 445. The summed E-state index contributed by atoms with van der Waals surface area (Å²) in [6.07, 6.45) is 2.46. The fourth-order valence-corrected chi connectivity index (χ4v) is 2.65. The van der Waals surface area contributed by atoms with Crippen molar-refractivity contribution < 1.29 is 9.90 Å². The Hall–Kier alpha value is -1.71. The van der Waals surface area contributed by atoms with Crippen LogP contribution in [0, 0.1) is 0 Å². The molecule has 1 unspecified atom stereocenters. The maximum absolute atomic E-state index is 10.9. The number of hydrogen-bond donors (Lipinski definition) is 2. The van der Waals surface area contributed by atoms with Crippen LogP contribution in [-0.2, 0) is 0 Å². The van der Waals surface area contributed by atoms with Gasteiger partial charge < -0.3 is 15.3 Å². The third-order valence-corrected chi connectivity index (χ3v) is 3.46. The van der Waals surface area contributed by atoms with E-state index < -0.39 is 5.97 Å². The first-order valence-corrected chi connectivity index (χ1v) is 5.63. The van der Waals surface area contributed by atoms with Gasteiger partial charge in [-0.2, -0.15) is 0 Å². The molecule has 4 nitrogen and oxygen atoms in total. The molecular formula is C12H14N2O2. The molecule has 16 heavy (non-hydrogen) atoms. The normalized spacial score (nSPS) is 22.2. The van der Waals surface area contributed by atoms with Crippen molar-refractivity contribution in [2.45, 2.75) is 18.9 Å². The van der Waals surface area contributed by atoms with Crippen molar-refractivity contribution >= 4 is 17.3 Å². The van der Waals surface area contributed by atoms with E-state index in [0.29, 0.717) is 11.6 Å². The van der Waals surface area contributed by atoms with Crippen molar-refractivity contribution in [2.24, 2.45) is 0 Å². The van der Waals surface area contributed by atoms with Crippen molar-refractivity contribution in [1.82, 2.24) is 0 Å². The molecule has 2 heterocycles. The molecule has 3 rings (SSSR count). The first-order valence-electron chi connectivity index (χ1n) is 5.63. The highest BCUT2D eigenvalue weighted by atomic mass is 16.4. The van der Waals surface area contributed by atoms with Crippen LogP contribution in [0.2, 0.25) is 0 Å². The molecule has 84 valence electrons. The average molecular weight is 218 g/mol. The molecule has 0 spiro atoms. The van der Waals surface area contributed by atoms with Crippen LogP contribution >= 0.6 is 0 Å². The number of benzene rings is 1. The van der Waals surface area contributed by atoms with Gasteiger partial charge in [0.25, 0.3) is 0 Å². The van der Waals surface area contributed by atoms with Crippen LogP contribution in [0.1, 0.15) is 23.2 Å². The van der Waals surface area contributed by atoms with Gasteiger partial charge in [0.05, 0.1) is 16.9 Å². The Morgan fingerprint density at radius 1 is 1.50 bits per heavy atom. The molecule has 0 bridgehead atoms. The number of aromatic carboxylic acids is 1. The van der Waals surface area contributed by atoms with E-state index in [2.05, 4.69) is 10.2 Å². The lowest BCUT2D eigenvalue weighted by molar-refractivity contribution is 0.0697. The van der Waals surface area contributed by atoms with E-state index in [0.717, 1.165) is 24.5 Å². The summed E-state index contributed by atoms with van der Waals surface area (Å²) in [4.78, 5) is 13.3. The SMILES string of the molecule is O=C(O)c1ccc2c(c1)NCC1CCCN21. The smallest absolute Gasteiger partial charge is 0.335 e. The topological polar surface area (TPSA) is 52.6 Å². The largest absolute Gasteiger partial charge is 0.478 e. The van der Waals surface area contributed by atoms with Gasteiger partial charge in [0, 0.05) is 19.1 Å². The van der Waals surface area contributed by atoms with Gasteiger partial charge >= 0.3 is 5.97 Å². The van der Waals surface area contributed by atoms with Gasteiger partial charge in [-0.25, -0.2) is 4.79 Å². The molecule has 1 aromatic carbocycles. The van der Waals surface area contributed by atoms with E-state index >= 15 is 0 Å². The van der Waals surface area contributed by atoms with Crippen LogP contribution in [0.3, 0.4) is 0 Å². The Morgan fingerprint density at radius 3 is 3.19 bits per heavy atom. The number of hydrogen-bond acceptors (Lipinski definition) is 3. The first kappa shape index (κ1) is 9.51. The number of fused-ring (bicyclic) bond motifs is 3. The van der Waals surface area contributed by atoms with Crippen LogP contribution < -0.4 is 10.2 Å². The molecular weight excluding hydrogens is 204 g/mol. The minimum Gasteiger partial charge on any atom is -0.478 e. The summed E-state index contributed by atoms with van der Waals surface area (Å²) in [5.74, 6) is -0.867. The maximum atomic E-state index is 10.9. The molecule has 2 N–H and O–H groups in total. The minimum atomic E-state index is -0.867. The van der Waals surface area contributed by atoms with E-state index in [9.17, 15) is 4.79 Å². The van der Waals surface area contributed by atoms with Crippen LogP contribution in [0.15, 0.2) is 18.2 Å². The quantitative estimate of drug-likeness (QED) is 0.754. The third kappa shape index (κ3) is 1.33. The first-order chi connectivity index (χ1) is 7.75. The Kier molecular flexibility index (Phi) is 2.02. The van der Waals surface area contributed by atoms with Gasteiger partial charge in [0.15, 0.2) is 0 Å². The molecule has 1 aromatic rings. The number of carboxylic acids is 1. The van der Waals surface area contributed by atoms with Gasteiger partial charge in [-0.3, -0.25) is 0 Å². The van der Waals surface area contributed by atoms with E-state index in [1.807, 2.05) is 6.07 Å². The molecule has 1 fully saturated rings. The van der Waals surface area contributed by atoms with Crippen LogP contribution in [0.5, 0.6) is 0 Å². The molecule has 0 amide bonds. The number of nitrogens with one attached hydrogen (secondary N) is 1. The number of rotatable bonds is 1. The van der Waals surface area contributed by atoms with Crippen molar-refractivity contribution in [3.8, 4) is 0 Å². The zero-order chi connectivity index (χ0) is 11.1. The lowest BCUT2D eigenvalue weighted by Gasteiger charge is -2.34. The second-order valence-corrected chi connectivity index (χ2v) is 4.41. The third-order valence-electron chi connectivity index (χ3n) is 3.46. The van der Waals surface area contributed by atoms with Crippen molar-refractivity contribution in [3.05, 3.63) is 23.8 Å². The predicted molar refractivity (Wildman–Crippen MR) is 62.3 cm³/mol. The standard InChI is InChI=1S/C12H14N2O2/c15-12(16)8-3-4-11-10(6-8)13-7-9-2-1-5-14(9)11/h3-4,6,9,13H,1-2,5,7H2,(H,15,16). The summed E-state index contributed by atoms with van der Waals surface area (Å²) in [5.41, 5.74) is 2.46. The number of carboxylic acid groups (broad SMARTS) is 1. The number of carbonyl (C=O) groups is 1. The van der Waals surface area contributed by atoms with Gasteiger partial charge in [-0.1, -0.05) is 0 Å².